The molecule has 0 unspecified atom stereocenters. The van der Waals surface area contributed by atoms with Gasteiger partial charge in [0.15, 0.2) is 0 Å². The number of alkyl halides is 3. The molecule has 0 spiro atoms. The van der Waals surface area contributed by atoms with E-state index in [0.29, 0.717) is 17.5 Å². The van der Waals surface area contributed by atoms with Crippen molar-refractivity contribution in [3.05, 3.63) is 53.7 Å². The molecule has 0 saturated heterocycles. The summed E-state index contributed by atoms with van der Waals surface area (Å²) in [6.45, 7) is 3.95. The monoisotopic (exact) mass is 389 g/mol. The lowest BCUT2D eigenvalue weighted by Crippen LogP contribution is -2.05. The first-order valence-corrected chi connectivity index (χ1v) is 9.66. The minimum absolute atomic E-state index is 0.0212. The first-order valence-electron chi connectivity index (χ1n) is 7.94. The second kappa shape index (κ2) is 8.66. The summed E-state index contributed by atoms with van der Waals surface area (Å²) < 4.78 is 66.2. The number of ether oxygens (including phenoxy) is 1. The van der Waals surface area contributed by atoms with E-state index in [1.165, 1.54) is 0 Å². The molecule has 0 radical (unpaired) electrons. The highest BCUT2D eigenvalue weighted by atomic mass is 31.2. The third-order valence-electron chi connectivity index (χ3n) is 3.21. The molecule has 142 valence electrons. The fourth-order valence-corrected chi connectivity index (χ4v) is 3.87. The van der Waals surface area contributed by atoms with Crippen molar-refractivity contribution < 1.29 is 31.5 Å². The van der Waals surface area contributed by atoms with Gasteiger partial charge in [-0.1, -0.05) is 12.1 Å². The van der Waals surface area contributed by atoms with Gasteiger partial charge in [-0.05, 0) is 37.6 Å². The largest absolute Gasteiger partial charge is 0.439 e. The minimum atomic E-state index is -4.45. The van der Waals surface area contributed by atoms with Crippen LogP contribution in [0.4, 0.5) is 13.2 Å². The Bertz CT molecular complexity index is 755. The third kappa shape index (κ3) is 5.83. The molecule has 26 heavy (non-hydrogen) atoms. The van der Waals surface area contributed by atoms with Crippen molar-refractivity contribution in [1.29, 1.82) is 0 Å². The van der Waals surface area contributed by atoms with Gasteiger partial charge in [-0.3, -0.25) is 4.57 Å². The molecule has 0 aliphatic heterocycles. The van der Waals surface area contributed by atoms with Gasteiger partial charge < -0.3 is 13.8 Å². The number of pyridine rings is 1. The first-order chi connectivity index (χ1) is 12.3. The summed E-state index contributed by atoms with van der Waals surface area (Å²) in [5.74, 6) is 0.377. The summed E-state index contributed by atoms with van der Waals surface area (Å²) in [6, 6.07) is 8.68. The highest BCUT2D eigenvalue weighted by Crippen LogP contribution is 2.51. The molecule has 2 rings (SSSR count). The maximum atomic E-state index is 12.6. The molecule has 0 atom stereocenters. The van der Waals surface area contributed by atoms with E-state index < -0.39 is 19.3 Å². The zero-order valence-corrected chi connectivity index (χ0v) is 15.2. The second-order valence-corrected chi connectivity index (χ2v) is 7.29. The van der Waals surface area contributed by atoms with E-state index in [1.54, 1.807) is 38.1 Å². The standard InChI is InChI=1S/C17H19F3NO4P/c1-3-23-26(22,24-4-2)12-13-6-5-7-15(10-13)25-16-9-8-14(11-21-16)17(18,19)20/h5-11H,3-4,12H2,1-2H3. The molecule has 0 aliphatic rings. The average molecular weight is 389 g/mol. The van der Waals surface area contributed by atoms with Crippen LogP contribution in [0.1, 0.15) is 25.0 Å². The summed E-state index contributed by atoms with van der Waals surface area (Å²) in [4.78, 5) is 3.66. The summed E-state index contributed by atoms with van der Waals surface area (Å²) in [7, 11) is -3.26. The first kappa shape index (κ1) is 20.4. The molecule has 0 fully saturated rings. The van der Waals surface area contributed by atoms with Crippen LogP contribution in [0.3, 0.4) is 0 Å². The Morgan fingerprint density at radius 3 is 2.31 bits per heavy atom. The van der Waals surface area contributed by atoms with Crippen molar-refractivity contribution in [2.45, 2.75) is 26.2 Å². The third-order valence-corrected chi connectivity index (χ3v) is 5.27. The van der Waals surface area contributed by atoms with Crippen molar-refractivity contribution in [2.24, 2.45) is 0 Å². The highest BCUT2D eigenvalue weighted by molar-refractivity contribution is 7.53. The molecule has 9 heteroatoms. The number of benzene rings is 1. The zero-order chi connectivity index (χ0) is 19.2. The van der Waals surface area contributed by atoms with Crippen LogP contribution in [-0.2, 0) is 26.0 Å². The van der Waals surface area contributed by atoms with Gasteiger partial charge >= 0.3 is 13.8 Å². The molecule has 5 nitrogen and oxygen atoms in total. The predicted octanol–water partition coefficient (Wildman–Crippen LogP) is 5.66. The molecule has 2 aromatic rings. The van der Waals surface area contributed by atoms with Gasteiger partial charge in [0.2, 0.25) is 5.88 Å². The number of aromatic nitrogens is 1. The van der Waals surface area contributed by atoms with E-state index in [4.69, 9.17) is 13.8 Å². The van der Waals surface area contributed by atoms with E-state index in [0.717, 1.165) is 12.1 Å². The summed E-state index contributed by atoms with van der Waals surface area (Å²) in [5.41, 5.74) is -0.201. The zero-order valence-electron chi connectivity index (χ0n) is 14.3. The molecular formula is C17H19F3NO4P. The van der Waals surface area contributed by atoms with Crippen LogP contribution >= 0.6 is 7.60 Å². The normalized spacial score (nSPS) is 12.2. The lowest BCUT2D eigenvalue weighted by Gasteiger charge is -2.17. The van der Waals surface area contributed by atoms with Gasteiger partial charge in [0.1, 0.15) is 5.75 Å². The fourth-order valence-electron chi connectivity index (χ4n) is 2.18. The lowest BCUT2D eigenvalue weighted by molar-refractivity contribution is -0.137. The van der Waals surface area contributed by atoms with E-state index in [-0.39, 0.29) is 25.3 Å². The van der Waals surface area contributed by atoms with Gasteiger partial charge in [0, 0.05) is 12.3 Å². The summed E-state index contributed by atoms with van der Waals surface area (Å²) in [6.07, 6.45) is -3.69. The topological polar surface area (TPSA) is 57.7 Å². The molecule has 1 aromatic heterocycles. The van der Waals surface area contributed by atoms with E-state index in [1.807, 2.05) is 0 Å². The minimum Gasteiger partial charge on any atom is -0.439 e. The smallest absolute Gasteiger partial charge is 0.417 e. The number of hydrogen-bond donors (Lipinski definition) is 0. The van der Waals surface area contributed by atoms with E-state index in [9.17, 15) is 17.7 Å². The van der Waals surface area contributed by atoms with Crippen LogP contribution < -0.4 is 4.74 Å². The summed E-state index contributed by atoms with van der Waals surface area (Å²) in [5, 5.41) is 0. The molecule has 0 saturated carbocycles. The Balaban J connectivity index is 2.12. The number of nitrogens with zero attached hydrogens (tertiary/aromatic N) is 1. The number of halogens is 3. The average Bonchev–Trinajstić information content (AvgIpc) is 2.55. The molecule has 0 bridgehead atoms. The van der Waals surface area contributed by atoms with Gasteiger partial charge in [-0.25, -0.2) is 4.98 Å². The van der Waals surface area contributed by atoms with Crippen molar-refractivity contribution in [3.63, 3.8) is 0 Å². The molecular weight excluding hydrogens is 370 g/mol. The Morgan fingerprint density at radius 1 is 1.08 bits per heavy atom. The quantitative estimate of drug-likeness (QED) is 0.546. The molecule has 0 amide bonds. The van der Waals surface area contributed by atoms with Crippen molar-refractivity contribution in [1.82, 2.24) is 4.98 Å². The lowest BCUT2D eigenvalue weighted by atomic mass is 10.2. The number of hydrogen-bond acceptors (Lipinski definition) is 5. The maximum Gasteiger partial charge on any atom is 0.417 e. The molecule has 0 aliphatic carbocycles. The van der Waals surface area contributed by atoms with Crippen LogP contribution in [0.5, 0.6) is 11.6 Å². The van der Waals surface area contributed by atoms with Crippen molar-refractivity contribution >= 4 is 7.60 Å². The Kier molecular flexibility index (Phi) is 6.81. The summed E-state index contributed by atoms with van der Waals surface area (Å²) >= 11 is 0. The molecule has 1 aromatic carbocycles. The van der Waals surface area contributed by atoms with Gasteiger partial charge in [-0.15, -0.1) is 0 Å². The SMILES string of the molecule is CCOP(=O)(Cc1cccc(Oc2ccc(C(F)(F)F)cn2)c1)OCC. The van der Waals surface area contributed by atoms with Gasteiger partial charge in [0.25, 0.3) is 0 Å². The van der Waals surface area contributed by atoms with Crippen LogP contribution in [-0.4, -0.2) is 18.2 Å². The Labute approximate surface area is 149 Å². The van der Waals surface area contributed by atoms with Gasteiger partial charge in [-0.2, -0.15) is 13.2 Å². The highest BCUT2D eigenvalue weighted by Gasteiger charge is 2.30. The van der Waals surface area contributed by atoms with E-state index in [2.05, 4.69) is 4.98 Å². The van der Waals surface area contributed by atoms with Crippen LogP contribution in [0.15, 0.2) is 42.6 Å². The van der Waals surface area contributed by atoms with Crippen LogP contribution in [0, 0.1) is 0 Å². The van der Waals surface area contributed by atoms with Crippen molar-refractivity contribution in [3.8, 4) is 11.6 Å². The predicted molar refractivity (Wildman–Crippen MR) is 90.3 cm³/mol. The molecule has 0 N–H and O–H groups in total. The number of rotatable bonds is 8. The van der Waals surface area contributed by atoms with Crippen molar-refractivity contribution in [2.75, 3.05) is 13.2 Å². The Morgan fingerprint density at radius 2 is 1.77 bits per heavy atom. The maximum absolute atomic E-state index is 12.6. The van der Waals surface area contributed by atoms with Crippen LogP contribution in [0.2, 0.25) is 0 Å². The van der Waals surface area contributed by atoms with E-state index >= 15 is 0 Å². The van der Waals surface area contributed by atoms with Crippen LogP contribution in [0.25, 0.3) is 0 Å². The second-order valence-electron chi connectivity index (χ2n) is 5.24. The molecule has 1 heterocycles. The Hall–Kier alpha value is -1.89. The fraction of sp³-hybridized carbons (Fsp3) is 0.353. The van der Waals surface area contributed by atoms with Gasteiger partial charge in [0.05, 0.1) is 24.9 Å².